The van der Waals surface area contributed by atoms with Crippen LogP contribution < -0.4 is 16.0 Å². The van der Waals surface area contributed by atoms with E-state index in [2.05, 4.69) is 75.1 Å². The maximum absolute atomic E-state index is 12.4. The molecule has 0 radical (unpaired) electrons. The summed E-state index contributed by atoms with van der Waals surface area (Å²) in [5, 5.41) is 10.2. The molecule has 7 heteroatoms. The number of anilines is 3. The van der Waals surface area contributed by atoms with Crippen molar-refractivity contribution in [2.75, 3.05) is 22.5 Å². The normalized spacial score (nSPS) is 17.4. The maximum Gasteiger partial charge on any atom is 0.229 e. The highest BCUT2D eigenvalue weighted by atomic mass is 16.1. The first-order valence-corrected chi connectivity index (χ1v) is 13.5. The Morgan fingerprint density at radius 3 is 2.08 bits per heavy atom. The zero-order chi connectivity index (χ0) is 26.2. The lowest BCUT2D eigenvalue weighted by Crippen LogP contribution is -2.28. The predicted molar refractivity (Wildman–Crippen MR) is 151 cm³/mol. The number of ketones is 1. The molecule has 4 rings (SSSR count). The quantitative estimate of drug-likeness (QED) is 0.290. The largest absolute Gasteiger partial charge is 0.354 e. The van der Waals surface area contributed by atoms with Crippen LogP contribution in [0.5, 0.6) is 0 Å². The van der Waals surface area contributed by atoms with Crippen molar-refractivity contribution in [2.45, 2.75) is 66.5 Å². The van der Waals surface area contributed by atoms with Crippen molar-refractivity contribution >= 4 is 23.6 Å². The molecule has 7 nitrogen and oxygen atoms in total. The van der Waals surface area contributed by atoms with Gasteiger partial charge in [0.15, 0.2) is 0 Å². The summed E-state index contributed by atoms with van der Waals surface area (Å²) in [5.74, 6) is 2.92. The van der Waals surface area contributed by atoms with E-state index >= 15 is 0 Å². The molecule has 0 saturated heterocycles. The molecule has 0 aliphatic heterocycles. The first-order chi connectivity index (χ1) is 17.9. The molecule has 0 amide bonds. The van der Waals surface area contributed by atoms with Crippen molar-refractivity contribution in [2.24, 2.45) is 17.8 Å². The first kappa shape index (κ1) is 26.6. The molecule has 0 spiro atoms. The molecule has 2 aromatic carbocycles. The van der Waals surface area contributed by atoms with Gasteiger partial charge in [-0.2, -0.15) is 15.0 Å². The van der Waals surface area contributed by atoms with E-state index in [0.717, 1.165) is 37.8 Å². The van der Waals surface area contributed by atoms with E-state index in [0.29, 0.717) is 42.6 Å². The second kappa shape index (κ2) is 12.7. The highest BCUT2D eigenvalue weighted by molar-refractivity contribution is 5.82. The maximum atomic E-state index is 12.4. The molecule has 0 atom stereocenters. The first-order valence-electron chi connectivity index (χ1n) is 13.5. The standard InChI is InChI=1S/C30H40N6O/c1-20(2)27(37)25-15-13-24(14-16-25)18-32-29-34-28(31-17-23-10-6-5-7-11-23)35-30(36-29)33-19-26-12-8-9-21(3)22(26)4/h5-12,20,24-25H,13-19H2,1-4H3,(H3,31,32,33,34,35,36). The van der Waals surface area contributed by atoms with Gasteiger partial charge in [-0.05, 0) is 67.7 Å². The molecule has 0 unspecified atom stereocenters. The smallest absolute Gasteiger partial charge is 0.229 e. The SMILES string of the molecule is Cc1cccc(CNc2nc(NCc3ccccc3)nc(NCC3CCC(C(=O)C(C)C)CC3)n2)c1C. The number of carbonyl (C=O) groups excluding carboxylic acids is 1. The van der Waals surface area contributed by atoms with Crippen molar-refractivity contribution in [1.29, 1.82) is 0 Å². The van der Waals surface area contributed by atoms with Gasteiger partial charge in [0.05, 0.1) is 0 Å². The lowest BCUT2D eigenvalue weighted by Gasteiger charge is -2.28. The second-order valence-electron chi connectivity index (χ2n) is 10.5. The van der Waals surface area contributed by atoms with Crippen LogP contribution in [0.3, 0.4) is 0 Å². The molecule has 1 aliphatic carbocycles. The van der Waals surface area contributed by atoms with E-state index in [9.17, 15) is 4.79 Å². The van der Waals surface area contributed by atoms with E-state index in [1.54, 1.807) is 0 Å². The monoisotopic (exact) mass is 500 g/mol. The van der Waals surface area contributed by atoms with Crippen LogP contribution in [0, 0.1) is 31.6 Å². The number of carbonyl (C=O) groups is 1. The Labute approximate surface area is 220 Å². The highest BCUT2D eigenvalue weighted by Crippen LogP contribution is 2.31. The van der Waals surface area contributed by atoms with Gasteiger partial charge >= 0.3 is 0 Å². The third-order valence-corrected chi connectivity index (χ3v) is 7.45. The summed E-state index contributed by atoms with van der Waals surface area (Å²) < 4.78 is 0. The number of nitrogens with zero attached hydrogens (tertiary/aromatic N) is 3. The van der Waals surface area contributed by atoms with Gasteiger partial charge in [0, 0.05) is 31.5 Å². The number of benzene rings is 2. The molecule has 0 bridgehead atoms. The van der Waals surface area contributed by atoms with Crippen molar-refractivity contribution in [3.63, 3.8) is 0 Å². The third kappa shape index (κ3) is 7.51. The molecule has 1 saturated carbocycles. The molecule has 196 valence electrons. The Morgan fingerprint density at radius 1 is 0.811 bits per heavy atom. The van der Waals surface area contributed by atoms with Gasteiger partial charge in [0.1, 0.15) is 5.78 Å². The average molecular weight is 501 g/mol. The van der Waals surface area contributed by atoms with Crippen LogP contribution >= 0.6 is 0 Å². The summed E-state index contributed by atoms with van der Waals surface area (Å²) in [6.45, 7) is 10.3. The fraction of sp³-hybridized carbons (Fsp3) is 0.467. The Kier molecular flexibility index (Phi) is 9.09. The lowest BCUT2D eigenvalue weighted by atomic mass is 9.78. The topological polar surface area (TPSA) is 91.8 Å². The number of hydrogen-bond acceptors (Lipinski definition) is 7. The summed E-state index contributed by atoms with van der Waals surface area (Å²) in [6, 6.07) is 16.6. The minimum Gasteiger partial charge on any atom is -0.354 e. The summed E-state index contributed by atoms with van der Waals surface area (Å²) in [6.07, 6.45) is 4.07. The van der Waals surface area contributed by atoms with E-state index in [1.165, 1.54) is 16.7 Å². The van der Waals surface area contributed by atoms with Crippen LogP contribution in [0.1, 0.15) is 61.8 Å². The summed E-state index contributed by atoms with van der Waals surface area (Å²) in [4.78, 5) is 26.3. The Hall–Kier alpha value is -3.48. The fourth-order valence-electron chi connectivity index (χ4n) is 4.93. The van der Waals surface area contributed by atoms with Gasteiger partial charge in [0.2, 0.25) is 17.8 Å². The van der Waals surface area contributed by atoms with Gasteiger partial charge in [-0.25, -0.2) is 0 Å². The molecule has 1 heterocycles. The molecule has 1 aromatic heterocycles. The zero-order valence-electron chi connectivity index (χ0n) is 22.6. The number of Topliss-reactive ketones (excluding diaryl/α,β-unsaturated/α-hetero) is 1. The average Bonchev–Trinajstić information content (AvgIpc) is 2.92. The minimum absolute atomic E-state index is 0.126. The molecular weight excluding hydrogens is 460 g/mol. The van der Waals surface area contributed by atoms with Gasteiger partial charge in [-0.15, -0.1) is 0 Å². The number of rotatable bonds is 11. The van der Waals surface area contributed by atoms with Crippen LogP contribution in [0.2, 0.25) is 0 Å². The second-order valence-corrected chi connectivity index (χ2v) is 10.5. The van der Waals surface area contributed by atoms with E-state index in [1.807, 2.05) is 32.0 Å². The summed E-state index contributed by atoms with van der Waals surface area (Å²) in [5.41, 5.74) is 4.93. The molecule has 3 aromatic rings. The third-order valence-electron chi connectivity index (χ3n) is 7.45. The predicted octanol–water partition coefficient (Wildman–Crippen LogP) is 6.16. The van der Waals surface area contributed by atoms with Crippen LogP contribution in [0.15, 0.2) is 48.5 Å². The molecule has 3 N–H and O–H groups in total. The number of aryl methyl sites for hydroxylation is 1. The Balaban J connectivity index is 1.41. The minimum atomic E-state index is 0.126. The molecule has 1 fully saturated rings. The zero-order valence-corrected chi connectivity index (χ0v) is 22.6. The lowest BCUT2D eigenvalue weighted by molar-refractivity contribution is -0.127. The molecule has 37 heavy (non-hydrogen) atoms. The van der Waals surface area contributed by atoms with Crippen LogP contribution in [0.25, 0.3) is 0 Å². The number of nitrogens with one attached hydrogen (secondary N) is 3. The van der Waals surface area contributed by atoms with Gasteiger partial charge < -0.3 is 16.0 Å². The number of aromatic nitrogens is 3. The van der Waals surface area contributed by atoms with E-state index in [-0.39, 0.29) is 11.8 Å². The summed E-state index contributed by atoms with van der Waals surface area (Å²) >= 11 is 0. The molecular formula is C30H40N6O. The Bertz CT molecular complexity index is 1170. The molecule has 1 aliphatic rings. The van der Waals surface area contributed by atoms with Crippen molar-refractivity contribution < 1.29 is 4.79 Å². The van der Waals surface area contributed by atoms with Gasteiger partial charge in [-0.3, -0.25) is 4.79 Å². The van der Waals surface area contributed by atoms with E-state index in [4.69, 9.17) is 0 Å². The fourth-order valence-corrected chi connectivity index (χ4v) is 4.93. The summed E-state index contributed by atoms with van der Waals surface area (Å²) in [7, 11) is 0. The Morgan fingerprint density at radius 2 is 1.43 bits per heavy atom. The highest BCUT2D eigenvalue weighted by Gasteiger charge is 2.27. The number of hydrogen-bond donors (Lipinski definition) is 3. The van der Waals surface area contributed by atoms with Crippen LogP contribution in [-0.4, -0.2) is 27.3 Å². The van der Waals surface area contributed by atoms with Crippen LogP contribution in [0.4, 0.5) is 17.8 Å². The van der Waals surface area contributed by atoms with Gasteiger partial charge in [0.25, 0.3) is 0 Å². The van der Waals surface area contributed by atoms with Gasteiger partial charge in [-0.1, -0.05) is 62.4 Å². The van der Waals surface area contributed by atoms with Crippen LogP contribution in [-0.2, 0) is 17.9 Å². The van der Waals surface area contributed by atoms with Crippen molar-refractivity contribution in [1.82, 2.24) is 15.0 Å². The van der Waals surface area contributed by atoms with Crippen molar-refractivity contribution in [3.8, 4) is 0 Å². The van der Waals surface area contributed by atoms with E-state index < -0.39 is 0 Å². The van der Waals surface area contributed by atoms with Crippen molar-refractivity contribution in [3.05, 3.63) is 70.8 Å².